The Hall–Kier alpha value is -2.47. The lowest BCUT2D eigenvalue weighted by atomic mass is 9.92. The number of ketones is 1. The lowest BCUT2D eigenvalue weighted by molar-refractivity contribution is 0.0638. The van der Waals surface area contributed by atoms with Gasteiger partial charge in [-0.2, -0.15) is 0 Å². The molecule has 3 aromatic rings. The quantitative estimate of drug-likeness (QED) is 0.689. The first-order valence-corrected chi connectivity index (χ1v) is 8.90. The first-order chi connectivity index (χ1) is 11.7. The number of nitrogens with zero attached hydrogens (tertiary/aromatic N) is 3. The predicted octanol–water partition coefficient (Wildman–Crippen LogP) is 3.13. The van der Waals surface area contributed by atoms with E-state index in [9.17, 15) is 9.59 Å². The number of likely N-dealkylation sites (tertiary alicyclic amines) is 1. The van der Waals surface area contributed by atoms with Crippen molar-refractivity contribution in [1.29, 1.82) is 0 Å². The lowest BCUT2D eigenvalue weighted by Crippen LogP contribution is -2.42. The van der Waals surface area contributed by atoms with Crippen molar-refractivity contribution < 1.29 is 9.59 Å². The van der Waals surface area contributed by atoms with Crippen LogP contribution in [0.2, 0.25) is 0 Å². The Balaban J connectivity index is 1.52. The second-order valence-corrected chi connectivity index (χ2v) is 6.99. The third kappa shape index (κ3) is 2.73. The van der Waals surface area contributed by atoms with Gasteiger partial charge in [0, 0.05) is 37.6 Å². The van der Waals surface area contributed by atoms with Crippen LogP contribution >= 0.6 is 11.3 Å². The van der Waals surface area contributed by atoms with Gasteiger partial charge in [0.2, 0.25) is 0 Å². The van der Waals surface area contributed by atoms with Crippen LogP contribution in [-0.4, -0.2) is 39.1 Å². The second-order valence-electron chi connectivity index (χ2n) is 6.04. The number of carbonyl (C=O) groups is 2. The third-order valence-corrected chi connectivity index (χ3v) is 5.36. The molecule has 0 aromatic carbocycles. The van der Waals surface area contributed by atoms with Crippen molar-refractivity contribution in [3.05, 3.63) is 58.7 Å². The normalized spacial score (nSPS) is 18.0. The summed E-state index contributed by atoms with van der Waals surface area (Å²) in [6, 6.07) is 7.39. The van der Waals surface area contributed by atoms with E-state index in [0.717, 1.165) is 23.4 Å². The van der Waals surface area contributed by atoms with Crippen LogP contribution in [-0.2, 0) is 0 Å². The third-order valence-electron chi connectivity index (χ3n) is 4.48. The van der Waals surface area contributed by atoms with Crippen molar-refractivity contribution in [3.8, 4) is 0 Å². The van der Waals surface area contributed by atoms with E-state index in [-0.39, 0.29) is 17.6 Å². The minimum atomic E-state index is -0.0988. The summed E-state index contributed by atoms with van der Waals surface area (Å²) >= 11 is 1.47. The molecular formula is C18H17N3O2S. The van der Waals surface area contributed by atoms with E-state index in [0.29, 0.717) is 18.7 Å². The number of piperidine rings is 1. The maximum absolute atomic E-state index is 12.8. The number of Topliss-reactive ketones (excluding diaryl/α,β-unsaturated/α-hetero) is 1. The fourth-order valence-electron chi connectivity index (χ4n) is 3.22. The maximum atomic E-state index is 12.8. The first kappa shape index (κ1) is 15.1. The van der Waals surface area contributed by atoms with Crippen LogP contribution in [0.25, 0.3) is 5.65 Å². The number of amides is 1. The topological polar surface area (TPSA) is 54.7 Å². The Morgan fingerprint density at radius 3 is 3.00 bits per heavy atom. The van der Waals surface area contributed by atoms with Crippen LogP contribution in [0.3, 0.4) is 0 Å². The van der Waals surface area contributed by atoms with Crippen molar-refractivity contribution in [2.75, 3.05) is 13.1 Å². The molecule has 1 aliphatic rings. The smallest absolute Gasteiger partial charge is 0.255 e. The van der Waals surface area contributed by atoms with E-state index in [2.05, 4.69) is 4.98 Å². The summed E-state index contributed by atoms with van der Waals surface area (Å²) < 4.78 is 1.84. The number of pyridine rings is 1. The number of hydrogen-bond donors (Lipinski definition) is 0. The van der Waals surface area contributed by atoms with Crippen molar-refractivity contribution in [2.45, 2.75) is 12.8 Å². The van der Waals surface area contributed by atoms with Gasteiger partial charge in [0.05, 0.1) is 10.4 Å². The fraction of sp³-hybridized carbons (Fsp3) is 0.278. The zero-order chi connectivity index (χ0) is 16.5. The van der Waals surface area contributed by atoms with Gasteiger partial charge in [-0.25, -0.2) is 4.98 Å². The van der Waals surface area contributed by atoms with Gasteiger partial charge in [-0.1, -0.05) is 6.07 Å². The van der Waals surface area contributed by atoms with E-state index < -0.39 is 0 Å². The summed E-state index contributed by atoms with van der Waals surface area (Å²) in [7, 11) is 0. The minimum Gasteiger partial charge on any atom is -0.338 e. The van der Waals surface area contributed by atoms with E-state index >= 15 is 0 Å². The number of imidazole rings is 1. The molecule has 0 radical (unpaired) electrons. The molecule has 0 saturated carbocycles. The summed E-state index contributed by atoms with van der Waals surface area (Å²) in [4.78, 5) is 32.1. The molecular weight excluding hydrogens is 322 g/mol. The van der Waals surface area contributed by atoms with Crippen molar-refractivity contribution >= 4 is 28.7 Å². The van der Waals surface area contributed by atoms with Gasteiger partial charge in [-0.3, -0.25) is 9.59 Å². The second kappa shape index (κ2) is 6.20. The molecule has 1 atom stereocenters. The van der Waals surface area contributed by atoms with Gasteiger partial charge in [0.25, 0.3) is 5.91 Å². The zero-order valence-corrected chi connectivity index (χ0v) is 13.9. The van der Waals surface area contributed by atoms with Crippen LogP contribution in [0.1, 0.15) is 32.9 Å². The summed E-state index contributed by atoms with van der Waals surface area (Å²) in [5, 5.41) is 1.92. The standard InChI is InChI=1S/C18H17N3O2S/c22-17(15-4-2-10-24-15)13-3-1-8-21(11-13)18(23)14-5-6-16-19-7-9-20(16)12-14/h2,4-7,9-10,12-13H,1,3,8,11H2/t13-/m0/s1. The number of fused-ring (bicyclic) bond motifs is 1. The number of aromatic nitrogens is 2. The predicted molar refractivity (Wildman–Crippen MR) is 92.5 cm³/mol. The van der Waals surface area contributed by atoms with Gasteiger partial charge in [-0.15, -0.1) is 11.3 Å². The van der Waals surface area contributed by atoms with Crippen LogP contribution < -0.4 is 0 Å². The van der Waals surface area contributed by atoms with Crippen LogP contribution in [0.4, 0.5) is 0 Å². The summed E-state index contributed by atoms with van der Waals surface area (Å²) in [6.07, 6.45) is 7.04. The highest BCUT2D eigenvalue weighted by molar-refractivity contribution is 7.12. The van der Waals surface area contributed by atoms with Crippen LogP contribution in [0.15, 0.2) is 48.2 Å². The molecule has 3 aromatic heterocycles. The Morgan fingerprint density at radius 2 is 2.17 bits per heavy atom. The van der Waals surface area contributed by atoms with Crippen molar-refractivity contribution in [2.24, 2.45) is 5.92 Å². The van der Waals surface area contributed by atoms with Crippen LogP contribution in [0, 0.1) is 5.92 Å². The van der Waals surface area contributed by atoms with Crippen molar-refractivity contribution in [1.82, 2.24) is 14.3 Å². The molecule has 0 unspecified atom stereocenters. The van der Waals surface area contributed by atoms with E-state index in [4.69, 9.17) is 0 Å². The zero-order valence-electron chi connectivity index (χ0n) is 13.1. The molecule has 0 spiro atoms. The molecule has 24 heavy (non-hydrogen) atoms. The average molecular weight is 339 g/mol. The van der Waals surface area contributed by atoms with Gasteiger partial charge < -0.3 is 9.30 Å². The fourth-order valence-corrected chi connectivity index (χ4v) is 3.97. The molecule has 6 heteroatoms. The van der Waals surface area contributed by atoms with Gasteiger partial charge >= 0.3 is 0 Å². The average Bonchev–Trinajstić information content (AvgIpc) is 3.31. The summed E-state index contributed by atoms with van der Waals surface area (Å²) in [5.41, 5.74) is 1.45. The molecule has 4 rings (SSSR count). The molecule has 1 saturated heterocycles. The molecule has 122 valence electrons. The Bertz CT molecular complexity index is 885. The number of thiophene rings is 1. The lowest BCUT2D eigenvalue weighted by Gasteiger charge is -2.32. The Kier molecular flexibility index (Phi) is 3.90. The highest BCUT2D eigenvalue weighted by Gasteiger charge is 2.30. The molecule has 0 bridgehead atoms. The molecule has 1 fully saturated rings. The summed E-state index contributed by atoms with van der Waals surface area (Å²) in [5.74, 6) is 0.0418. The number of carbonyl (C=O) groups excluding carboxylic acids is 2. The SMILES string of the molecule is O=C(c1cccs1)[C@H]1CCCN(C(=O)c2ccc3nccn3c2)C1. The highest BCUT2D eigenvalue weighted by atomic mass is 32.1. The van der Waals surface area contributed by atoms with E-state index in [1.807, 2.05) is 34.2 Å². The molecule has 4 heterocycles. The van der Waals surface area contributed by atoms with Gasteiger partial charge in [-0.05, 0) is 36.4 Å². The monoisotopic (exact) mass is 339 g/mol. The number of hydrogen-bond acceptors (Lipinski definition) is 4. The Morgan fingerprint density at radius 1 is 1.25 bits per heavy atom. The maximum Gasteiger partial charge on any atom is 0.255 e. The van der Waals surface area contributed by atoms with Crippen molar-refractivity contribution in [3.63, 3.8) is 0 Å². The van der Waals surface area contributed by atoms with E-state index in [1.54, 1.807) is 23.4 Å². The molecule has 5 nitrogen and oxygen atoms in total. The highest BCUT2D eigenvalue weighted by Crippen LogP contribution is 2.24. The molecule has 0 N–H and O–H groups in total. The minimum absolute atomic E-state index is 0.0192. The molecule has 0 aliphatic carbocycles. The van der Waals surface area contributed by atoms with Gasteiger partial charge in [0.1, 0.15) is 5.65 Å². The number of rotatable bonds is 3. The van der Waals surface area contributed by atoms with E-state index in [1.165, 1.54) is 11.3 Å². The van der Waals surface area contributed by atoms with Gasteiger partial charge in [0.15, 0.2) is 5.78 Å². The Labute approximate surface area is 143 Å². The first-order valence-electron chi connectivity index (χ1n) is 8.02. The van der Waals surface area contributed by atoms with Crippen LogP contribution in [0.5, 0.6) is 0 Å². The summed E-state index contributed by atoms with van der Waals surface area (Å²) in [6.45, 7) is 1.20. The molecule has 1 amide bonds. The molecule has 1 aliphatic heterocycles. The largest absolute Gasteiger partial charge is 0.338 e.